The average molecular weight is 220 g/mol. The first-order valence-corrected chi connectivity index (χ1v) is 5.10. The number of halogens is 1. The van der Waals surface area contributed by atoms with Crippen molar-refractivity contribution in [1.29, 1.82) is 0 Å². The van der Waals surface area contributed by atoms with E-state index in [2.05, 4.69) is 20.8 Å². The quantitative estimate of drug-likeness (QED) is 0.579. The Morgan fingerprint density at radius 2 is 2.19 bits per heavy atom. The van der Waals surface area contributed by atoms with Gasteiger partial charge in [0.1, 0.15) is 5.82 Å². The van der Waals surface area contributed by atoms with Gasteiger partial charge in [0.25, 0.3) is 0 Å². The Bertz CT molecular complexity index is 422. The lowest BCUT2D eigenvalue weighted by atomic mass is 10.1. The number of benzene rings is 1. The molecule has 0 amide bonds. The molecule has 5 heteroatoms. The van der Waals surface area contributed by atoms with Gasteiger partial charge in [-0.15, -0.1) is 0 Å². The summed E-state index contributed by atoms with van der Waals surface area (Å²) in [6.07, 6.45) is 0. The van der Waals surface area contributed by atoms with Gasteiger partial charge in [-0.3, -0.25) is 0 Å². The fourth-order valence-electron chi connectivity index (χ4n) is 1.37. The van der Waals surface area contributed by atoms with Crippen molar-refractivity contribution in [3.05, 3.63) is 35.6 Å². The summed E-state index contributed by atoms with van der Waals surface area (Å²) in [6, 6.07) is 6.22. The molecule has 0 atom stereocenters. The Morgan fingerprint density at radius 1 is 1.44 bits per heavy atom. The van der Waals surface area contributed by atoms with E-state index in [1.807, 2.05) is 6.92 Å². The maximum Gasteiger partial charge on any atom is 0.212 e. The van der Waals surface area contributed by atoms with Crippen LogP contribution in [0, 0.1) is 5.82 Å². The van der Waals surface area contributed by atoms with Gasteiger partial charge < -0.3 is 5.32 Å². The molecule has 0 spiro atoms. The first-order valence-electron chi connectivity index (χ1n) is 5.10. The monoisotopic (exact) mass is 220 g/mol. The Hall–Kier alpha value is -1.91. The summed E-state index contributed by atoms with van der Waals surface area (Å²) < 4.78 is 12.7. The maximum absolute atomic E-state index is 12.7. The van der Waals surface area contributed by atoms with Crippen LogP contribution in [0.4, 0.5) is 4.39 Å². The number of rotatable bonds is 2. The van der Waals surface area contributed by atoms with Gasteiger partial charge in [0.05, 0.1) is 12.3 Å². The molecule has 84 valence electrons. The fourth-order valence-corrected chi connectivity index (χ4v) is 1.37. The van der Waals surface area contributed by atoms with Crippen LogP contribution in [0.2, 0.25) is 0 Å². The minimum atomic E-state index is -0.244. The molecule has 1 aromatic rings. The number of hydrazone groups is 1. The van der Waals surface area contributed by atoms with E-state index in [0.717, 1.165) is 24.4 Å². The summed E-state index contributed by atoms with van der Waals surface area (Å²) >= 11 is 0. The minimum absolute atomic E-state index is 0.244. The molecule has 1 aromatic carbocycles. The van der Waals surface area contributed by atoms with Gasteiger partial charge in [-0.1, -0.05) is 12.1 Å². The summed E-state index contributed by atoms with van der Waals surface area (Å²) in [4.78, 5) is 4.14. The molecular formula is C11H13FN4. The van der Waals surface area contributed by atoms with Crippen LogP contribution in [0.15, 0.2) is 34.4 Å². The largest absolute Gasteiger partial charge is 0.353 e. The first-order chi connectivity index (χ1) is 7.75. The molecule has 0 aromatic heterocycles. The molecule has 0 unspecified atom stereocenters. The van der Waals surface area contributed by atoms with Gasteiger partial charge >= 0.3 is 0 Å². The lowest BCUT2D eigenvalue weighted by Gasteiger charge is -2.03. The second-order valence-corrected chi connectivity index (χ2v) is 3.47. The van der Waals surface area contributed by atoms with Crippen molar-refractivity contribution in [2.45, 2.75) is 6.92 Å². The molecule has 1 heterocycles. The van der Waals surface area contributed by atoms with E-state index in [9.17, 15) is 4.39 Å². The minimum Gasteiger partial charge on any atom is -0.353 e. The van der Waals surface area contributed by atoms with Crippen LogP contribution < -0.4 is 10.7 Å². The van der Waals surface area contributed by atoms with Gasteiger partial charge in [0, 0.05) is 6.54 Å². The molecule has 0 fully saturated rings. The van der Waals surface area contributed by atoms with Crippen molar-refractivity contribution in [2.75, 3.05) is 13.1 Å². The number of hydrogen-bond acceptors (Lipinski definition) is 4. The van der Waals surface area contributed by atoms with Crippen LogP contribution in [-0.4, -0.2) is 24.8 Å². The zero-order chi connectivity index (χ0) is 11.4. The summed E-state index contributed by atoms with van der Waals surface area (Å²) in [7, 11) is 0. The molecule has 1 aliphatic rings. The number of nitrogens with one attached hydrogen (secondary N) is 2. The molecule has 0 radical (unpaired) electrons. The highest BCUT2D eigenvalue weighted by molar-refractivity contribution is 5.99. The molecule has 1 aliphatic heterocycles. The van der Waals surface area contributed by atoms with Crippen molar-refractivity contribution in [1.82, 2.24) is 10.7 Å². The summed E-state index contributed by atoms with van der Waals surface area (Å²) in [6.45, 7) is 3.47. The van der Waals surface area contributed by atoms with Crippen LogP contribution >= 0.6 is 0 Å². The molecule has 4 nitrogen and oxygen atoms in total. The van der Waals surface area contributed by atoms with Gasteiger partial charge in [0.2, 0.25) is 5.96 Å². The van der Waals surface area contributed by atoms with Gasteiger partial charge in [0.15, 0.2) is 0 Å². The maximum atomic E-state index is 12.7. The molecular weight excluding hydrogens is 207 g/mol. The van der Waals surface area contributed by atoms with Crippen LogP contribution in [0.3, 0.4) is 0 Å². The van der Waals surface area contributed by atoms with Crippen LogP contribution in [0.25, 0.3) is 0 Å². The van der Waals surface area contributed by atoms with Crippen molar-refractivity contribution >= 4 is 11.7 Å². The standard InChI is InChI=1S/C11H13FN4/c1-8(9-2-4-10(12)5-3-9)15-16-11-13-6-7-14-11/h2-5H,6-7H2,1H3,(H2,13,14,16). The van der Waals surface area contributed by atoms with E-state index in [-0.39, 0.29) is 5.82 Å². The number of nitrogens with zero attached hydrogens (tertiary/aromatic N) is 2. The Balaban J connectivity index is 2.03. The Kier molecular flexibility index (Phi) is 3.14. The first kappa shape index (κ1) is 10.6. The topological polar surface area (TPSA) is 48.8 Å². The normalized spacial score (nSPS) is 15.6. The highest BCUT2D eigenvalue weighted by Gasteiger charge is 2.03. The predicted molar refractivity (Wildman–Crippen MR) is 62.1 cm³/mol. The van der Waals surface area contributed by atoms with E-state index in [1.54, 1.807) is 12.1 Å². The van der Waals surface area contributed by atoms with Crippen LogP contribution in [0.1, 0.15) is 12.5 Å². The predicted octanol–water partition coefficient (Wildman–Crippen LogP) is 1.10. The van der Waals surface area contributed by atoms with Crippen LogP contribution in [-0.2, 0) is 0 Å². The lowest BCUT2D eigenvalue weighted by Crippen LogP contribution is -2.30. The zero-order valence-electron chi connectivity index (χ0n) is 9.00. The summed E-state index contributed by atoms with van der Waals surface area (Å²) in [5.41, 5.74) is 4.50. The molecule has 0 bridgehead atoms. The molecule has 0 saturated heterocycles. The Labute approximate surface area is 93.3 Å². The Morgan fingerprint density at radius 3 is 2.81 bits per heavy atom. The number of guanidine groups is 1. The highest BCUT2D eigenvalue weighted by atomic mass is 19.1. The third kappa shape index (κ3) is 2.56. The van der Waals surface area contributed by atoms with E-state index in [1.165, 1.54) is 12.1 Å². The third-order valence-corrected chi connectivity index (χ3v) is 2.27. The van der Waals surface area contributed by atoms with Crippen LogP contribution in [0.5, 0.6) is 0 Å². The second kappa shape index (κ2) is 4.74. The average Bonchev–Trinajstić information content (AvgIpc) is 2.80. The van der Waals surface area contributed by atoms with Crippen molar-refractivity contribution < 1.29 is 4.39 Å². The smallest absolute Gasteiger partial charge is 0.212 e. The van der Waals surface area contributed by atoms with Crippen molar-refractivity contribution in [2.24, 2.45) is 10.1 Å². The van der Waals surface area contributed by atoms with Crippen molar-refractivity contribution in [3.8, 4) is 0 Å². The van der Waals surface area contributed by atoms with E-state index >= 15 is 0 Å². The highest BCUT2D eigenvalue weighted by Crippen LogP contribution is 2.03. The summed E-state index contributed by atoms with van der Waals surface area (Å²) in [5, 5.41) is 7.20. The van der Waals surface area contributed by atoms with Gasteiger partial charge in [-0.05, 0) is 24.6 Å². The fraction of sp³-hybridized carbons (Fsp3) is 0.273. The number of aliphatic imine (C=N–C) groups is 1. The number of hydrogen-bond donors (Lipinski definition) is 2. The SMILES string of the molecule is CC(=NNC1=NCCN1)c1ccc(F)cc1. The third-order valence-electron chi connectivity index (χ3n) is 2.27. The van der Waals surface area contributed by atoms with Crippen molar-refractivity contribution in [3.63, 3.8) is 0 Å². The van der Waals surface area contributed by atoms with E-state index in [4.69, 9.17) is 0 Å². The van der Waals surface area contributed by atoms with E-state index in [0.29, 0.717) is 5.96 Å². The molecule has 0 aliphatic carbocycles. The summed E-state index contributed by atoms with van der Waals surface area (Å²) in [5.74, 6) is 0.438. The van der Waals surface area contributed by atoms with Gasteiger partial charge in [-0.25, -0.2) is 14.8 Å². The zero-order valence-corrected chi connectivity index (χ0v) is 9.00. The van der Waals surface area contributed by atoms with Gasteiger partial charge in [-0.2, -0.15) is 5.10 Å². The molecule has 2 N–H and O–H groups in total. The second-order valence-electron chi connectivity index (χ2n) is 3.47. The molecule has 2 rings (SSSR count). The van der Waals surface area contributed by atoms with E-state index < -0.39 is 0 Å². The molecule has 16 heavy (non-hydrogen) atoms. The molecule has 0 saturated carbocycles. The lowest BCUT2D eigenvalue weighted by molar-refractivity contribution is 0.628.